The van der Waals surface area contributed by atoms with Gasteiger partial charge in [-0.3, -0.25) is 4.79 Å². The van der Waals surface area contributed by atoms with Gasteiger partial charge in [0, 0.05) is 0 Å². The van der Waals surface area contributed by atoms with E-state index in [9.17, 15) is 4.79 Å². The molecule has 0 aliphatic heterocycles. The lowest BCUT2D eigenvalue weighted by molar-refractivity contribution is -0.142. The fourth-order valence-corrected chi connectivity index (χ4v) is 1.45. The molecule has 1 rings (SSSR count). The van der Waals surface area contributed by atoms with Crippen LogP contribution in [0.3, 0.4) is 0 Å². The van der Waals surface area contributed by atoms with E-state index in [1.165, 1.54) is 12.7 Å². The second-order valence-electron chi connectivity index (χ2n) is 4.87. The first-order valence-corrected chi connectivity index (χ1v) is 5.30. The Balaban J connectivity index is 2.91. The summed E-state index contributed by atoms with van der Waals surface area (Å²) in [6, 6.07) is 7.06. The van der Waals surface area contributed by atoms with Crippen LogP contribution < -0.4 is 5.73 Å². The Hall–Kier alpha value is -1.35. The molecule has 1 atom stereocenters. The molecule has 2 N–H and O–H groups in total. The number of rotatable bonds is 2. The fraction of sp³-hybridized carbons (Fsp3) is 0.462. The molecule has 0 aliphatic rings. The number of carbonyl (C=O) groups is 1. The molecule has 0 saturated carbocycles. The first-order chi connectivity index (χ1) is 7.36. The second-order valence-corrected chi connectivity index (χ2v) is 4.87. The molecule has 16 heavy (non-hydrogen) atoms. The van der Waals surface area contributed by atoms with Crippen molar-refractivity contribution in [3.63, 3.8) is 0 Å². The van der Waals surface area contributed by atoms with E-state index < -0.39 is 12.0 Å². The molecule has 3 heteroatoms. The van der Waals surface area contributed by atoms with Crippen molar-refractivity contribution in [1.29, 1.82) is 0 Å². The van der Waals surface area contributed by atoms with Gasteiger partial charge in [-0.25, -0.2) is 0 Å². The van der Waals surface area contributed by atoms with Crippen molar-refractivity contribution in [3.05, 3.63) is 35.4 Å². The van der Waals surface area contributed by atoms with Crippen molar-refractivity contribution in [3.8, 4) is 0 Å². The van der Waals surface area contributed by atoms with E-state index in [2.05, 4.69) is 25.5 Å². The number of nitrogens with two attached hydrogens (primary N) is 1. The van der Waals surface area contributed by atoms with Gasteiger partial charge < -0.3 is 10.5 Å². The van der Waals surface area contributed by atoms with Crippen molar-refractivity contribution in [2.24, 2.45) is 5.73 Å². The number of esters is 1. The number of hydrogen-bond donors (Lipinski definition) is 1. The van der Waals surface area contributed by atoms with Gasteiger partial charge in [0.05, 0.1) is 7.11 Å². The van der Waals surface area contributed by atoms with E-state index in [1.807, 2.05) is 24.3 Å². The summed E-state index contributed by atoms with van der Waals surface area (Å²) >= 11 is 0. The van der Waals surface area contributed by atoms with E-state index in [0.717, 1.165) is 5.56 Å². The molecule has 3 nitrogen and oxygen atoms in total. The van der Waals surface area contributed by atoms with E-state index >= 15 is 0 Å². The molecule has 0 spiro atoms. The predicted octanol–water partition coefficient (Wildman–Crippen LogP) is 2.16. The maximum atomic E-state index is 11.2. The zero-order chi connectivity index (χ0) is 12.3. The van der Waals surface area contributed by atoms with Crippen LogP contribution in [0.1, 0.15) is 37.9 Å². The van der Waals surface area contributed by atoms with Crippen LogP contribution in [0.5, 0.6) is 0 Å². The quantitative estimate of drug-likeness (QED) is 0.778. The molecule has 0 fully saturated rings. The predicted molar refractivity (Wildman–Crippen MR) is 64.1 cm³/mol. The lowest BCUT2D eigenvalue weighted by atomic mass is 9.86. The molecular formula is C13H19NO2. The number of ether oxygens (including phenoxy) is 1. The highest BCUT2D eigenvalue weighted by Gasteiger charge is 2.18. The number of methoxy groups -OCH3 is 1. The van der Waals surface area contributed by atoms with Crippen molar-refractivity contribution < 1.29 is 9.53 Å². The number of carbonyl (C=O) groups excluding carboxylic acids is 1. The molecule has 0 aliphatic carbocycles. The Morgan fingerprint density at radius 3 is 2.12 bits per heavy atom. The summed E-state index contributed by atoms with van der Waals surface area (Å²) in [5.74, 6) is -0.413. The highest BCUT2D eigenvalue weighted by molar-refractivity contribution is 5.77. The molecule has 0 amide bonds. The molecule has 0 radical (unpaired) electrons. The maximum Gasteiger partial charge on any atom is 0.327 e. The average Bonchev–Trinajstić information content (AvgIpc) is 2.26. The van der Waals surface area contributed by atoms with Crippen LogP contribution in [-0.4, -0.2) is 13.1 Å². The van der Waals surface area contributed by atoms with Gasteiger partial charge in [-0.15, -0.1) is 0 Å². The maximum absolute atomic E-state index is 11.2. The van der Waals surface area contributed by atoms with Crippen LogP contribution in [0.25, 0.3) is 0 Å². The van der Waals surface area contributed by atoms with Gasteiger partial charge in [-0.2, -0.15) is 0 Å². The Morgan fingerprint density at radius 1 is 1.25 bits per heavy atom. The third kappa shape index (κ3) is 2.83. The minimum atomic E-state index is -0.695. The molecule has 1 aromatic rings. The van der Waals surface area contributed by atoms with Crippen molar-refractivity contribution in [2.75, 3.05) is 7.11 Å². The van der Waals surface area contributed by atoms with Gasteiger partial charge in [-0.05, 0) is 16.5 Å². The minimum Gasteiger partial charge on any atom is -0.468 e. The summed E-state index contributed by atoms with van der Waals surface area (Å²) < 4.78 is 4.60. The minimum absolute atomic E-state index is 0.105. The van der Waals surface area contributed by atoms with Gasteiger partial charge in [0.2, 0.25) is 0 Å². The Kier molecular flexibility index (Phi) is 3.70. The molecular weight excluding hydrogens is 202 g/mol. The Morgan fingerprint density at radius 2 is 1.75 bits per heavy atom. The topological polar surface area (TPSA) is 52.3 Å². The highest BCUT2D eigenvalue weighted by atomic mass is 16.5. The van der Waals surface area contributed by atoms with Crippen molar-refractivity contribution in [1.82, 2.24) is 0 Å². The van der Waals surface area contributed by atoms with Crippen molar-refractivity contribution >= 4 is 5.97 Å². The number of hydrogen-bond acceptors (Lipinski definition) is 3. The summed E-state index contributed by atoms with van der Waals surface area (Å²) in [5.41, 5.74) is 7.83. The standard InChI is InChI=1S/C13H19NO2/c1-13(2,3)10-7-5-9(6-8-10)11(14)12(15)16-4/h5-8,11H,14H2,1-4H3/t11-/m0/s1. The Bertz CT molecular complexity index is 363. The molecule has 0 heterocycles. The van der Waals surface area contributed by atoms with Gasteiger partial charge in [-0.1, -0.05) is 45.0 Å². The highest BCUT2D eigenvalue weighted by Crippen LogP contribution is 2.23. The number of benzene rings is 1. The van der Waals surface area contributed by atoms with Gasteiger partial charge in [0.25, 0.3) is 0 Å². The van der Waals surface area contributed by atoms with Gasteiger partial charge in [0.1, 0.15) is 6.04 Å². The molecule has 88 valence electrons. The summed E-state index contributed by atoms with van der Waals surface area (Å²) in [6.07, 6.45) is 0. The largest absolute Gasteiger partial charge is 0.468 e. The molecule has 0 unspecified atom stereocenters. The third-order valence-corrected chi connectivity index (χ3v) is 2.59. The SMILES string of the molecule is COC(=O)[C@@H](N)c1ccc(C(C)(C)C)cc1. The molecule has 0 aromatic heterocycles. The van der Waals surface area contributed by atoms with Crippen LogP contribution in [0, 0.1) is 0 Å². The lowest BCUT2D eigenvalue weighted by Gasteiger charge is -2.19. The third-order valence-electron chi connectivity index (χ3n) is 2.59. The average molecular weight is 221 g/mol. The van der Waals surface area contributed by atoms with Crippen molar-refractivity contribution in [2.45, 2.75) is 32.2 Å². The van der Waals surface area contributed by atoms with E-state index in [4.69, 9.17) is 5.73 Å². The second kappa shape index (κ2) is 4.66. The summed E-state index contributed by atoms with van der Waals surface area (Å²) in [4.78, 5) is 11.2. The molecule has 1 aromatic carbocycles. The first-order valence-electron chi connectivity index (χ1n) is 5.30. The van der Waals surface area contributed by atoms with Crippen LogP contribution in [0.2, 0.25) is 0 Å². The monoisotopic (exact) mass is 221 g/mol. The normalized spacial score (nSPS) is 13.3. The van der Waals surface area contributed by atoms with Gasteiger partial charge in [0.15, 0.2) is 0 Å². The van der Waals surface area contributed by atoms with Crippen LogP contribution in [0.4, 0.5) is 0 Å². The van der Waals surface area contributed by atoms with Gasteiger partial charge >= 0.3 is 5.97 Å². The van der Waals surface area contributed by atoms with E-state index in [1.54, 1.807) is 0 Å². The lowest BCUT2D eigenvalue weighted by Crippen LogP contribution is -2.22. The van der Waals surface area contributed by atoms with E-state index in [-0.39, 0.29) is 5.41 Å². The zero-order valence-electron chi connectivity index (χ0n) is 10.3. The van der Waals surface area contributed by atoms with E-state index in [0.29, 0.717) is 0 Å². The smallest absolute Gasteiger partial charge is 0.327 e. The first kappa shape index (κ1) is 12.7. The van der Waals surface area contributed by atoms with Crippen LogP contribution in [0.15, 0.2) is 24.3 Å². The Labute approximate surface area is 96.6 Å². The summed E-state index contributed by atoms with van der Waals surface area (Å²) in [5, 5.41) is 0. The summed E-state index contributed by atoms with van der Waals surface area (Å²) in [6.45, 7) is 6.42. The zero-order valence-corrected chi connectivity index (χ0v) is 10.3. The summed E-state index contributed by atoms with van der Waals surface area (Å²) in [7, 11) is 1.34. The van der Waals surface area contributed by atoms with Crippen LogP contribution in [-0.2, 0) is 14.9 Å². The fourth-order valence-electron chi connectivity index (χ4n) is 1.45. The molecule has 0 bridgehead atoms. The molecule has 0 saturated heterocycles. The van der Waals surface area contributed by atoms with Crippen LogP contribution >= 0.6 is 0 Å².